The van der Waals surface area contributed by atoms with Crippen LogP contribution in [0.1, 0.15) is 30.1 Å². The van der Waals surface area contributed by atoms with E-state index >= 15 is 0 Å². The van der Waals surface area contributed by atoms with E-state index in [2.05, 4.69) is 27.9 Å². The number of aromatic nitrogens is 3. The predicted octanol–water partition coefficient (Wildman–Crippen LogP) is 4.14. The number of pyridine rings is 1. The molecule has 0 radical (unpaired) electrons. The van der Waals surface area contributed by atoms with Crippen LogP contribution < -0.4 is 0 Å². The molecule has 0 spiro atoms. The Morgan fingerprint density at radius 2 is 2.04 bits per heavy atom. The fourth-order valence-electron chi connectivity index (χ4n) is 2.80. The lowest BCUT2D eigenvalue weighted by atomic mass is 10.2. The van der Waals surface area contributed by atoms with Crippen molar-refractivity contribution in [1.29, 1.82) is 0 Å². The van der Waals surface area contributed by atoms with Gasteiger partial charge in [0.25, 0.3) is 0 Å². The summed E-state index contributed by atoms with van der Waals surface area (Å²) in [5.74, 6) is 0.865. The average molecular weight is 401 g/mol. The highest BCUT2D eigenvalue weighted by Crippen LogP contribution is 2.34. The smallest absolute Gasteiger partial charge is 0.235 e. The maximum atomic E-state index is 12.8. The van der Waals surface area contributed by atoms with Gasteiger partial charge in [0, 0.05) is 36.2 Å². The summed E-state index contributed by atoms with van der Waals surface area (Å²) in [5, 5.41) is 1.76. The summed E-state index contributed by atoms with van der Waals surface area (Å²) >= 11 is 3.23. The molecule has 0 aliphatic carbocycles. The zero-order chi connectivity index (χ0) is 19.4. The number of carbonyl (C=O) groups excluding carboxylic acids is 1. The van der Waals surface area contributed by atoms with Crippen LogP contribution in [0.2, 0.25) is 0 Å². The summed E-state index contributed by atoms with van der Waals surface area (Å²) in [7, 11) is 1.86. The van der Waals surface area contributed by atoms with Gasteiger partial charge in [-0.2, -0.15) is 0 Å². The molecule has 27 heavy (non-hydrogen) atoms. The van der Waals surface area contributed by atoms with Crippen molar-refractivity contribution in [1.82, 2.24) is 19.9 Å². The third-order valence-electron chi connectivity index (χ3n) is 4.37. The lowest BCUT2D eigenvalue weighted by Crippen LogP contribution is -2.34. The Balaban J connectivity index is 1.68. The Morgan fingerprint density at radius 3 is 2.74 bits per heavy atom. The minimum absolute atomic E-state index is 0.115. The van der Waals surface area contributed by atoms with Crippen LogP contribution in [0.5, 0.6) is 0 Å². The molecule has 0 aliphatic rings. The SMILES string of the molecule is CCc1cc2c(SC(C)C(=O)N(C)CCc3ccncc3)nc(C)nc2s1. The topological polar surface area (TPSA) is 59.0 Å². The molecule has 0 fully saturated rings. The van der Waals surface area contributed by atoms with E-state index in [4.69, 9.17) is 0 Å². The number of amides is 1. The second kappa shape index (κ2) is 8.80. The minimum Gasteiger partial charge on any atom is -0.344 e. The van der Waals surface area contributed by atoms with E-state index in [0.29, 0.717) is 6.54 Å². The zero-order valence-corrected chi connectivity index (χ0v) is 17.7. The molecule has 0 bridgehead atoms. The van der Waals surface area contributed by atoms with E-state index in [0.717, 1.165) is 33.9 Å². The highest BCUT2D eigenvalue weighted by molar-refractivity contribution is 8.00. The molecule has 1 unspecified atom stereocenters. The van der Waals surface area contributed by atoms with Crippen LogP contribution in [0.15, 0.2) is 35.6 Å². The number of nitrogens with zero attached hydrogens (tertiary/aromatic N) is 4. The second-order valence-electron chi connectivity index (χ2n) is 6.49. The first kappa shape index (κ1) is 19.8. The number of rotatable bonds is 7. The summed E-state index contributed by atoms with van der Waals surface area (Å²) in [6.07, 6.45) is 5.37. The van der Waals surface area contributed by atoms with Gasteiger partial charge < -0.3 is 4.90 Å². The molecule has 3 heterocycles. The van der Waals surface area contributed by atoms with Crippen molar-refractivity contribution in [3.8, 4) is 0 Å². The Labute approximate surface area is 168 Å². The molecule has 1 amide bonds. The minimum atomic E-state index is -0.199. The summed E-state index contributed by atoms with van der Waals surface area (Å²) in [5.41, 5.74) is 1.18. The van der Waals surface area contributed by atoms with Crippen LogP contribution in [0, 0.1) is 6.92 Å². The quantitative estimate of drug-likeness (QED) is 0.441. The van der Waals surface area contributed by atoms with Crippen molar-refractivity contribution < 1.29 is 4.79 Å². The number of aryl methyl sites for hydroxylation is 2. The van der Waals surface area contributed by atoms with Crippen molar-refractivity contribution in [2.24, 2.45) is 0 Å². The molecule has 0 aromatic carbocycles. The first-order chi connectivity index (χ1) is 13.0. The summed E-state index contributed by atoms with van der Waals surface area (Å²) in [6, 6.07) is 6.13. The molecule has 3 rings (SSSR count). The van der Waals surface area contributed by atoms with E-state index in [1.165, 1.54) is 22.2 Å². The van der Waals surface area contributed by atoms with Gasteiger partial charge in [-0.3, -0.25) is 9.78 Å². The normalized spacial score (nSPS) is 12.3. The highest BCUT2D eigenvalue weighted by atomic mass is 32.2. The van der Waals surface area contributed by atoms with Crippen molar-refractivity contribution >= 4 is 39.2 Å². The summed E-state index contributed by atoms with van der Waals surface area (Å²) < 4.78 is 0. The first-order valence-corrected chi connectivity index (χ1v) is 10.7. The van der Waals surface area contributed by atoms with Crippen molar-refractivity contribution in [3.05, 3.63) is 46.9 Å². The Bertz CT molecular complexity index is 926. The molecule has 7 heteroatoms. The number of hydrogen-bond acceptors (Lipinski definition) is 6. The third-order valence-corrected chi connectivity index (χ3v) is 6.63. The lowest BCUT2D eigenvalue weighted by molar-refractivity contribution is -0.128. The Morgan fingerprint density at radius 1 is 1.30 bits per heavy atom. The number of hydrogen-bond donors (Lipinski definition) is 0. The molecule has 1 atom stereocenters. The number of fused-ring (bicyclic) bond motifs is 1. The van der Waals surface area contributed by atoms with E-state index in [1.54, 1.807) is 28.6 Å². The first-order valence-electron chi connectivity index (χ1n) is 9.05. The molecule has 0 saturated carbocycles. The van der Waals surface area contributed by atoms with Gasteiger partial charge in [-0.15, -0.1) is 11.3 Å². The maximum absolute atomic E-state index is 12.8. The fraction of sp³-hybridized carbons (Fsp3) is 0.400. The standard InChI is InChI=1S/C20H24N4OS2/c1-5-16-12-17-18(22-14(3)23-19(17)27-16)26-13(2)20(25)24(4)11-8-15-6-9-21-10-7-15/h6-7,9-10,12-13H,5,8,11H2,1-4H3. The largest absolute Gasteiger partial charge is 0.344 e. The van der Waals surface area contributed by atoms with Crippen molar-refractivity contribution in [2.75, 3.05) is 13.6 Å². The molecule has 0 aliphatic heterocycles. The molecular formula is C20H24N4OS2. The van der Waals surface area contributed by atoms with Gasteiger partial charge in [0.15, 0.2) is 0 Å². The lowest BCUT2D eigenvalue weighted by Gasteiger charge is -2.21. The second-order valence-corrected chi connectivity index (χ2v) is 8.93. The molecular weight excluding hydrogens is 376 g/mol. The van der Waals surface area contributed by atoms with Gasteiger partial charge in [0.05, 0.1) is 5.25 Å². The van der Waals surface area contributed by atoms with Crippen molar-refractivity contribution in [3.63, 3.8) is 0 Å². The zero-order valence-electron chi connectivity index (χ0n) is 16.1. The van der Waals surface area contributed by atoms with Crippen molar-refractivity contribution in [2.45, 2.75) is 43.9 Å². The molecule has 0 N–H and O–H groups in total. The highest BCUT2D eigenvalue weighted by Gasteiger charge is 2.21. The van der Waals surface area contributed by atoms with E-state index in [-0.39, 0.29) is 11.2 Å². The molecule has 142 valence electrons. The molecule has 3 aromatic rings. The van der Waals surface area contributed by atoms with Gasteiger partial charge >= 0.3 is 0 Å². The summed E-state index contributed by atoms with van der Waals surface area (Å²) in [6.45, 7) is 6.68. The average Bonchev–Trinajstić information content (AvgIpc) is 3.09. The Kier molecular flexibility index (Phi) is 6.44. The van der Waals surface area contributed by atoms with Crippen LogP contribution in [-0.2, 0) is 17.6 Å². The van der Waals surface area contributed by atoms with Crippen LogP contribution in [0.4, 0.5) is 0 Å². The van der Waals surface area contributed by atoms with Crippen LogP contribution in [-0.4, -0.2) is 44.6 Å². The van der Waals surface area contributed by atoms with Crippen LogP contribution >= 0.6 is 23.1 Å². The van der Waals surface area contributed by atoms with E-state index in [1.807, 2.05) is 33.0 Å². The number of likely N-dealkylation sites (N-methyl/N-ethyl adjacent to an activating group) is 1. The van der Waals surface area contributed by atoms with Crippen LogP contribution in [0.25, 0.3) is 10.2 Å². The number of thioether (sulfide) groups is 1. The van der Waals surface area contributed by atoms with Gasteiger partial charge in [-0.05, 0) is 50.5 Å². The number of carbonyl (C=O) groups is 1. The molecule has 0 saturated heterocycles. The fourth-order valence-corrected chi connectivity index (χ4v) is 4.96. The monoisotopic (exact) mass is 400 g/mol. The number of thiophene rings is 1. The molecule has 5 nitrogen and oxygen atoms in total. The Hall–Kier alpha value is -1.99. The summed E-state index contributed by atoms with van der Waals surface area (Å²) in [4.78, 5) is 30.1. The molecule has 3 aromatic heterocycles. The van der Waals surface area contributed by atoms with Gasteiger partial charge in [0.1, 0.15) is 15.7 Å². The predicted molar refractivity (Wildman–Crippen MR) is 112 cm³/mol. The van der Waals surface area contributed by atoms with Gasteiger partial charge in [0.2, 0.25) is 5.91 Å². The van der Waals surface area contributed by atoms with E-state index in [9.17, 15) is 4.79 Å². The maximum Gasteiger partial charge on any atom is 0.235 e. The van der Waals surface area contributed by atoms with E-state index < -0.39 is 0 Å². The third kappa shape index (κ3) is 4.84. The van der Waals surface area contributed by atoms with Gasteiger partial charge in [-0.25, -0.2) is 9.97 Å². The van der Waals surface area contributed by atoms with Crippen LogP contribution in [0.3, 0.4) is 0 Å². The van der Waals surface area contributed by atoms with Gasteiger partial charge in [-0.1, -0.05) is 18.7 Å².